The van der Waals surface area contributed by atoms with Gasteiger partial charge in [0, 0.05) is 69.3 Å². The molecule has 27 heavy (non-hydrogen) atoms. The maximum Gasteiger partial charge on any atom is 0.223 e. The van der Waals surface area contributed by atoms with Crippen LogP contribution in [-0.4, -0.2) is 56.8 Å². The smallest absolute Gasteiger partial charge is 0.223 e. The predicted molar refractivity (Wildman–Crippen MR) is 105 cm³/mol. The second-order valence-corrected chi connectivity index (χ2v) is 8.18. The molecule has 3 heterocycles. The van der Waals surface area contributed by atoms with Crippen LogP contribution in [0.5, 0.6) is 0 Å². The Morgan fingerprint density at radius 2 is 2.26 bits per heavy atom. The molecule has 1 fully saturated rings. The van der Waals surface area contributed by atoms with Crippen LogP contribution in [0, 0.1) is 11.8 Å². The third-order valence-electron chi connectivity index (χ3n) is 4.72. The summed E-state index contributed by atoms with van der Waals surface area (Å²) in [5.41, 5.74) is 1.06. The number of nitrogens with zero attached hydrogens (tertiary/aromatic N) is 5. The van der Waals surface area contributed by atoms with Crippen LogP contribution in [0.25, 0.3) is 0 Å². The number of aryl methyl sites for hydroxylation is 1. The van der Waals surface area contributed by atoms with E-state index in [4.69, 9.17) is 4.74 Å². The number of methoxy groups -OCH3 is 1. The molecule has 3 rings (SSSR count). The first-order valence-electron chi connectivity index (χ1n) is 9.31. The number of hydrogen-bond donors (Lipinski definition) is 1. The number of aromatic nitrogens is 4. The van der Waals surface area contributed by atoms with Gasteiger partial charge in [0.05, 0.1) is 18.8 Å². The molecule has 0 aromatic carbocycles. The third-order valence-corrected chi connectivity index (χ3v) is 5.43. The first kappa shape index (κ1) is 19.8. The number of rotatable bonds is 9. The largest absolute Gasteiger partial charge is 0.383 e. The van der Waals surface area contributed by atoms with E-state index in [2.05, 4.69) is 33.6 Å². The molecule has 8 nitrogen and oxygen atoms in total. The van der Waals surface area contributed by atoms with E-state index in [9.17, 15) is 4.79 Å². The van der Waals surface area contributed by atoms with Gasteiger partial charge < -0.3 is 15.0 Å². The highest BCUT2D eigenvalue weighted by molar-refractivity contribution is 7.09. The van der Waals surface area contributed by atoms with Crippen molar-refractivity contribution in [3.8, 4) is 0 Å². The summed E-state index contributed by atoms with van der Waals surface area (Å²) in [4.78, 5) is 19.1. The Balaban J connectivity index is 1.70. The number of hydrogen-bond acceptors (Lipinski definition) is 7. The highest BCUT2D eigenvalue weighted by Crippen LogP contribution is 2.38. The van der Waals surface area contributed by atoms with Crippen molar-refractivity contribution in [3.05, 3.63) is 23.8 Å². The van der Waals surface area contributed by atoms with Crippen molar-refractivity contribution in [1.82, 2.24) is 24.0 Å². The number of carbonyl (C=O) groups excluding carboxylic acids is 1. The van der Waals surface area contributed by atoms with Crippen molar-refractivity contribution < 1.29 is 9.53 Å². The predicted octanol–water partition coefficient (Wildman–Crippen LogP) is 2.12. The summed E-state index contributed by atoms with van der Waals surface area (Å²) in [6, 6.07) is -0.00286. The summed E-state index contributed by atoms with van der Waals surface area (Å²) in [6.45, 7) is 6.10. The van der Waals surface area contributed by atoms with Crippen molar-refractivity contribution >= 4 is 22.6 Å². The van der Waals surface area contributed by atoms with Gasteiger partial charge in [0.15, 0.2) is 0 Å². The maximum absolute atomic E-state index is 12.6. The summed E-state index contributed by atoms with van der Waals surface area (Å²) < 4.78 is 11.4. The van der Waals surface area contributed by atoms with Gasteiger partial charge >= 0.3 is 0 Å². The minimum absolute atomic E-state index is 0.00286. The first-order valence-corrected chi connectivity index (χ1v) is 10.1. The second-order valence-electron chi connectivity index (χ2n) is 7.43. The van der Waals surface area contributed by atoms with Crippen LogP contribution < -0.4 is 5.32 Å². The van der Waals surface area contributed by atoms with Crippen LogP contribution in [-0.2, 0) is 23.0 Å². The van der Waals surface area contributed by atoms with Crippen molar-refractivity contribution in [2.24, 2.45) is 18.9 Å². The number of carbonyl (C=O) groups is 1. The van der Waals surface area contributed by atoms with Gasteiger partial charge in [-0.1, -0.05) is 13.8 Å². The lowest BCUT2D eigenvalue weighted by Crippen LogP contribution is -2.33. The molecule has 2 aromatic heterocycles. The van der Waals surface area contributed by atoms with Crippen LogP contribution in [0.1, 0.15) is 37.7 Å². The standard InChI is InChI=1S/C18H28N6O2S/c1-12(2)7-15-21-18(27-22-15)19-9-13-8-16(25)24(5-6-26-4)17(13)14-10-20-23(3)11-14/h10-13,17H,5-9H2,1-4H3,(H,19,21,22)/t13-,17+/m1/s1. The van der Waals surface area contributed by atoms with Crippen molar-refractivity contribution in [1.29, 1.82) is 0 Å². The van der Waals surface area contributed by atoms with Gasteiger partial charge in [0.25, 0.3) is 0 Å². The zero-order valence-electron chi connectivity index (χ0n) is 16.4. The summed E-state index contributed by atoms with van der Waals surface area (Å²) in [5.74, 6) is 1.72. The molecule has 0 aliphatic carbocycles. The van der Waals surface area contributed by atoms with E-state index >= 15 is 0 Å². The van der Waals surface area contributed by atoms with Gasteiger partial charge in [-0.3, -0.25) is 9.48 Å². The molecule has 2 atom stereocenters. The minimum atomic E-state index is -0.00286. The van der Waals surface area contributed by atoms with Crippen LogP contribution in [0.2, 0.25) is 0 Å². The molecule has 1 N–H and O–H groups in total. The Labute approximate surface area is 164 Å². The molecule has 9 heteroatoms. The Bertz CT molecular complexity index is 759. The van der Waals surface area contributed by atoms with E-state index in [0.29, 0.717) is 32.0 Å². The molecule has 2 aromatic rings. The SMILES string of the molecule is COCCN1C(=O)C[C@H](CNc2nc(CC(C)C)ns2)[C@H]1c1cnn(C)c1. The zero-order chi connectivity index (χ0) is 19.4. The molecular formula is C18H28N6O2S. The van der Waals surface area contributed by atoms with Crippen molar-refractivity contribution in [3.63, 3.8) is 0 Å². The summed E-state index contributed by atoms with van der Waals surface area (Å²) >= 11 is 1.38. The van der Waals surface area contributed by atoms with E-state index in [-0.39, 0.29) is 17.9 Å². The highest BCUT2D eigenvalue weighted by Gasteiger charge is 2.40. The van der Waals surface area contributed by atoms with E-state index in [1.54, 1.807) is 11.8 Å². The summed E-state index contributed by atoms with van der Waals surface area (Å²) in [7, 11) is 3.55. The monoisotopic (exact) mass is 392 g/mol. The fourth-order valence-electron chi connectivity index (χ4n) is 3.54. The Morgan fingerprint density at radius 1 is 1.44 bits per heavy atom. The number of anilines is 1. The van der Waals surface area contributed by atoms with E-state index < -0.39 is 0 Å². The lowest BCUT2D eigenvalue weighted by molar-refractivity contribution is -0.129. The lowest BCUT2D eigenvalue weighted by Gasteiger charge is -2.27. The zero-order valence-corrected chi connectivity index (χ0v) is 17.2. The van der Waals surface area contributed by atoms with E-state index in [1.165, 1.54) is 11.5 Å². The highest BCUT2D eigenvalue weighted by atomic mass is 32.1. The fraction of sp³-hybridized carbons (Fsp3) is 0.667. The average Bonchev–Trinajstić information content (AvgIpc) is 3.30. The molecule has 148 valence electrons. The van der Waals surface area contributed by atoms with Gasteiger partial charge in [0.1, 0.15) is 5.82 Å². The molecule has 1 amide bonds. The van der Waals surface area contributed by atoms with E-state index in [1.807, 2.05) is 24.3 Å². The molecule has 0 radical (unpaired) electrons. The quantitative estimate of drug-likeness (QED) is 0.704. The number of ether oxygens (including phenoxy) is 1. The molecule has 0 spiro atoms. The minimum Gasteiger partial charge on any atom is -0.383 e. The first-order chi connectivity index (χ1) is 13.0. The fourth-order valence-corrected chi connectivity index (χ4v) is 4.14. The van der Waals surface area contributed by atoms with Crippen molar-refractivity contribution in [2.45, 2.75) is 32.7 Å². The van der Waals surface area contributed by atoms with Gasteiger partial charge in [-0.25, -0.2) is 4.98 Å². The molecule has 1 saturated heterocycles. The molecule has 1 aliphatic rings. The van der Waals surface area contributed by atoms with Gasteiger partial charge in [-0.05, 0) is 5.92 Å². The van der Waals surface area contributed by atoms with Crippen LogP contribution in [0.4, 0.5) is 5.13 Å². The van der Waals surface area contributed by atoms with Gasteiger partial charge in [0.2, 0.25) is 11.0 Å². The topological polar surface area (TPSA) is 85.2 Å². The van der Waals surface area contributed by atoms with Gasteiger partial charge in [-0.2, -0.15) is 9.47 Å². The number of amides is 1. The Morgan fingerprint density at radius 3 is 2.93 bits per heavy atom. The Kier molecular flexibility index (Phi) is 6.43. The van der Waals surface area contributed by atoms with Crippen LogP contribution in [0.3, 0.4) is 0 Å². The van der Waals surface area contributed by atoms with E-state index in [0.717, 1.165) is 22.9 Å². The number of likely N-dealkylation sites (tertiary alicyclic amines) is 1. The Hall–Kier alpha value is -2.00. The molecule has 1 aliphatic heterocycles. The molecule has 0 unspecified atom stereocenters. The third kappa shape index (κ3) is 4.84. The maximum atomic E-state index is 12.6. The molecular weight excluding hydrogens is 364 g/mol. The average molecular weight is 393 g/mol. The lowest BCUT2D eigenvalue weighted by atomic mass is 9.95. The van der Waals surface area contributed by atoms with Crippen LogP contribution >= 0.6 is 11.5 Å². The molecule has 0 bridgehead atoms. The normalized spacial score (nSPS) is 20.0. The second kappa shape index (κ2) is 8.79. The number of nitrogens with one attached hydrogen (secondary N) is 1. The van der Waals surface area contributed by atoms with Crippen molar-refractivity contribution in [2.75, 3.05) is 32.1 Å². The van der Waals surface area contributed by atoms with Crippen LogP contribution in [0.15, 0.2) is 12.4 Å². The summed E-state index contributed by atoms with van der Waals surface area (Å²) in [6.07, 6.45) is 5.22. The summed E-state index contributed by atoms with van der Waals surface area (Å²) in [5, 5.41) is 8.50. The molecule has 0 saturated carbocycles. The van der Waals surface area contributed by atoms with Gasteiger partial charge in [-0.15, -0.1) is 0 Å².